The van der Waals surface area contributed by atoms with E-state index >= 15 is 0 Å². The van der Waals surface area contributed by atoms with Crippen molar-refractivity contribution in [3.63, 3.8) is 0 Å². The second-order valence-electron chi connectivity index (χ2n) is 4.25. The SMILES string of the molecule is CCc1cccc(C)c1NC(=O)CC(C)C#N. The second kappa shape index (κ2) is 6.05. The van der Waals surface area contributed by atoms with Crippen molar-refractivity contribution >= 4 is 11.6 Å². The molecule has 0 saturated heterocycles. The van der Waals surface area contributed by atoms with E-state index in [0.717, 1.165) is 23.2 Å². The molecule has 0 saturated carbocycles. The summed E-state index contributed by atoms with van der Waals surface area (Å²) < 4.78 is 0. The van der Waals surface area contributed by atoms with E-state index in [2.05, 4.69) is 18.3 Å². The summed E-state index contributed by atoms with van der Waals surface area (Å²) >= 11 is 0. The molecule has 0 aromatic heterocycles. The molecule has 0 aliphatic rings. The molecule has 0 bridgehead atoms. The first kappa shape index (κ1) is 13.2. The Labute approximate surface area is 102 Å². The Morgan fingerprint density at radius 1 is 1.53 bits per heavy atom. The van der Waals surface area contributed by atoms with Crippen LogP contribution in [0.1, 0.15) is 31.4 Å². The maximum absolute atomic E-state index is 11.7. The van der Waals surface area contributed by atoms with E-state index in [1.54, 1.807) is 6.92 Å². The molecule has 90 valence electrons. The molecule has 17 heavy (non-hydrogen) atoms. The standard InChI is InChI=1S/C14H18N2O/c1-4-12-7-5-6-11(3)14(12)16-13(17)8-10(2)9-15/h5-7,10H,4,8H2,1-3H3,(H,16,17). The third-order valence-corrected chi connectivity index (χ3v) is 2.72. The quantitative estimate of drug-likeness (QED) is 0.864. The lowest BCUT2D eigenvalue weighted by Crippen LogP contribution is -2.16. The number of hydrogen-bond acceptors (Lipinski definition) is 2. The number of carbonyl (C=O) groups is 1. The Morgan fingerprint density at radius 3 is 2.82 bits per heavy atom. The van der Waals surface area contributed by atoms with Crippen LogP contribution < -0.4 is 5.32 Å². The molecular weight excluding hydrogens is 212 g/mol. The number of aryl methyl sites for hydroxylation is 2. The molecule has 0 heterocycles. The number of nitrogens with one attached hydrogen (secondary N) is 1. The van der Waals surface area contributed by atoms with Crippen LogP contribution >= 0.6 is 0 Å². The molecule has 1 N–H and O–H groups in total. The molecule has 1 amide bonds. The van der Waals surface area contributed by atoms with Gasteiger partial charge in [-0.1, -0.05) is 25.1 Å². The highest BCUT2D eigenvalue weighted by Gasteiger charge is 2.11. The minimum atomic E-state index is -0.246. The fourth-order valence-corrected chi connectivity index (χ4v) is 1.72. The van der Waals surface area contributed by atoms with Gasteiger partial charge in [0.2, 0.25) is 5.91 Å². The van der Waals surface area contributed by atoms with Crippen LogP contribution in [0.5, 0.6) is 0 Å². The third-order valence-electron chi connectivity index (χ3n) is 2.72. The van der Waals surface area contributed by atoms with Crippen LogP contribution in [0, 0.1) is 24.2 Å². The molecule has 0 radical (unpaired) electrons. The van der Waals surface area contributed by atoms with Crippen molar-refractivity contribution in [3.05, 3.63) is 29.3 Å². The molecule has 0 fully saturated rings. The van der Waals surface area contributed by atoms with Gasteiger partial charge in [-0.15, -0.1) is 0 Å². The minimum Gasteiger partial charge on any atom is -0.326 e. The van der Waals surface area contributed by atoms with Crippen LogP contribution in [-0.4, -0.2) is 5.91 Å². The summed E-state index contributed by atoms with van der Waals surface area (Å²) in [5.41, 5.74) is 3.08. The molecule has 0 spiro atoms. The zero-order valence-corrected chi connectivity index (χ0v) is 10.6. The molecule has 1 unspecified atom stereocenters. The van der Waals surface area contributed by atoms with Crippen molar-refractivity contribution in [2.45, 2.75) is 33.6 Å². The summed E-state index contributed by atoms with van der Waals surface area (Å²) in [4.78, 5) is 11.7. The topological polar surface area (TPSA) is 52.9 Å². The van der Waals surface area contributed by atoms with Crippen molar-refractivity contribution in [2.75, 3.05) is 5.32 Å². The van der Waals surface area contributed by atoms with E-state index in [1.165, 1.54) is 0 Å². The van der Waals surface area contributed by atoms with Gasteiger partial charge in [0.1, 0.15) is 0 Å². The van der Waals surface area contributed by atoms with Crippen LogP contribution in [0.15, 0.2) is 18.2 Å². The number of nitrogens with zero attached hydrogens (tertiary/aromatic N) is 1. The second-order valence-corrected chi connectivity index (χ2v) is 4.25. The van der Waals surface area contributed by atoms with E-state index in [4.69, 9.17) is 5.26 Å². The van der Waals surface area contributed by atoms with Gasteiger partial charge in [0, 0.05) is 12.1 Å². The minimum absolute atomic E-state index is 0.0944. The predicted molar refractivity (Wildman–Crippen MR) is 68.6 cm³/mol. The molecule has 1 rings (SSSR count). The molecule has 0 aliphatic carbocycles. The van der Waals surface area contributed by atoms with Crippen LogP contribution in [0.3, 0.4) is 0 Å². The maximum atomic E-state index is 11.7. The average Bonchev–Trinajstić information content (AvgIpc) is 2.31. The molecule has 3 nitrogen and oxygen atoms in total. The van der Waals surface area contributed by atoms with Crippen molar-refractivity contribution < 1.29 is 4.79 Å². The lowest BCUT2D eigenvalue weighted by Gasteiger charge is -2.13. The molecule has 1 aromatic carbocycles. The summed E-state index contributed by atoms with van der Waals surface area (Å²) in [6.07, 6.45) is 1.12. The number of carbonyl (C=O) groups excluding carboxylic acids is 1. The van der Waals surface area contributed by atoms with E-state index in [-0.39, 0.29) is 18.2 Å². The van der Waals surface area contributed by atoms with Crippen LogP contribution in [0.2, 0.25) is 0 Å². The van der Waals surface area contributed by atoms with Gasteiger partial charge >= 0.3 is 0 Å². The van der Waals surface area contributed by atoms with E-state index in [9.17, 15) is 4.79 Å². The smallest absolute Gasteiger partial charge is 0.225 e. The summed E-state index contributed by atoms with van der Waals surface area (Å²) in [7, 11) is 0. The first-order valence-corrected chi connectivity index (χ1v) is 5.86. The Morgan fingerprint density at radius 2 is 2.24 bits per heavy atom. The first-order chi connectivity index (χ1) is 8.08. The van der Waals surface area contributed by atoms with Gasteiger partial charge in [-0.05, 0) is 31.4 Å². The monoisotopic (exact) mass is 230 g/mol. The fourth-order valence-electron chi connectivity index (χ4n) is 1.72. The number of hydrogen-bond donors (Lipinski definition) is 1. The first-order valence-electron chi connectivity index (χ1n) is 5.86. The molecule has 1 atom stereocenters. The summed E-state index contributed by atoms with van der Waals surface area (Å²) in [5, 5.41) is 11.6. The number of para-hydroxylation sites is 1. The zero-order valence-electron chi connectivity index (χ0n) is 10.6. The molecular formula is C14H18N2O. The third kappa shape index (κ3) is 3.60. The highest BCUT2D eigenvalue weighted by atomic mass is 16.1. The highest BCUT2D eigenvalue weighted by Crippen LogP contribution is 2.21. The number of benzene rings is 1. The summed E-state index contributed by atoms with van der Waals surface area (Å²) in [6.45, 7) is 5.78. The number of rotatable bonds is 4. The predicted octanol–water partition coefficient (Wildman–Crippen LogP) is 3.05. The van der Waals surface area contributed by atoms with E-state index in [0.29, 0.717) is 0 Å². The lowest BCUT2D eigenvalue weighted by atomic mass is 10.0. The summed E-state index contributed by atoms with van der Waals surface area (Å²) in [5.74, 6) is -0.341. The van der Waals surface area contributed by atoms with Gasteiger partial charge in [-0.3, -0.25) is 4.79 Å². The molecule has 0 aliphatic heterocycles. The van der Waals surface area contributed by atoms with Crippen LogP contribution in [-0.2, 0) is 11.2 Å². The van der Waals surface area contributed by atoms with Crippen molar-refractivity contribution in [3.8, 4) is 6.07 Å². The van der Waals surface area contributed by atoms with Crippen LogP contribution in [0.25, 0.3) is 0 Å². The summed E-state index contributed by atoms with van der Waals surface area (Å²) in [6, 6.07) is 8.04. The van der Waals surface area contributed by atoms with E-state index in [1.807, 2.05) is 25.1 Å². The van der Waals surface area contributed by atoms with Crippen LogP contribution in [0.4, 0.5) is 5.69 Å². The number of amides is 1. The Kier molecular flexibility index (Phi) is 4.71. The molecule has 3 heteroatoms. The maximum Gasteiger partial charge on any atom is 0.225 e. The Balaban J connectivity index is 2.81. The molecule has 1 aromatic rings. The lowest BCUT2D eigenvalue weighted by molar-refractivity contribution is -0.116. The van der Waals surface area contributed by atoms with E-state index < -0.39 is 0 Å². The van der Waals surface area contributed by atoms with Gasteiger partial charge in [0.05, 0.1) is 12.0 Å². The zero-order chi connectivity index (χ0) is 12.8. The largest absolute Gasteiger partial charge is 0.326 e. The average molecular weight is 230 g/mol. The Bertz CT molecular complexity index is 446. The number of anilines is 1. The van der Waals surface area contributed by atoms with Gasteiger partial charge in [0.15, 0.2) is 0 Å². The van der Waals surface area contributed by atoms with Crippen molar-refractivity contribution in [1.29, 1.82) is 5.26 Å². The fraction of sp³-hybridized carbons (Fsp3) is 0.429. The van der Waals surface area contributed by atoms with Gasteiger partial charge in [-0.25, -0.2) is 0 Å². The van der Waals surface area contributed by atoms with Gasteiger partial charge < -0.3 is 5.32 Å². The van der Waals surface area contributed by atoms with Gasteiger partial charge in [-0.2, -0.15) is 5.26 Å². The van der Waals surface area contributed by atoms with Crippen molar-refractivity contribution in [1.82, 2.24) is 0 Å². The Hall–Kier alpha value is -1.82. The van der Waals surface area contributed by atoms with Gasteiger partial charge in [0.25, 0.3) is 0 Å². The normalized spacial score (nSPS) is 11.6. The number of nitriles is 1. The van der Waals surface area contributed by atoms with Crippen molar-refractivity contribution in [2.24, 2.45) is 5.92 Å². The highest BCUT2D eigenvalue weighted by molar-refractivity contribution is 5.92.